The Morgan fingerprint density at radius 2 is 2.00 bits per heavy atom. The van der Waals surface area contributed by atoms with Gasteiger partial charge in [0.05, 0.1) is 42.8 Å². The van der Waals surface area contributed by atoms with Crippen molar-refractivity contribution < 1.29 is 23.6 Å². The highest BCUT2D eigenvalue weighted by atomic mass is 16.7. The molecule has 2 aromatic rings. The molecule has 2 bridgehead atoms. The number of aromatic nitrogens is 1. The van der Waals surface area contributed by atoms with Crippen molar-refractivity contribution >= 4 is 18.9 Å². The first-order chi connectivity index (χ1) is 19.2. The average molecular weight is 548 g/mol. The number of rotatable bonds is 11. The van der Waals surface area contributed by atoms with E-state index in [0.717, 1.165) is 31.2 Å². The molecule has 6 rings (SSSR count). The number of unbranched alkanes of at least 4 members (excludes halogenated alkanes) is 1. The van der Waals surface area contributed by atoms with Gasteiger partial charge in [-0.1, -0.05) is 45.7 Å². The maximum absolute atomic E-state index is 13.6. The second-order valence-corrected chi connectivity index (χ2v) is 12.4. The van der Waals surface area contributed by atoms with Crippen LogP contribution in [0.15, 0.2) is 48.8 Å². The molecule has 0 spiro atoms. The number of hydrogen-bond acceptors (Lipinski definition) is 6. The molecule has 3 saturated carbocycles. The van der Waals surface area contributed by atoms with Crippen LogP contribution in [0.1, 0.15) is 88.2 Å². The number of ether oxygens (including phenoxy) is 1. The molecule has 2 amide bonds. The summed E-state index contributed by atoms with van der Waals surface area (Å²) in [6.45, 7) is 9.03. The molecule has 214 valence electrons. The molecule has 9 heteroatoms. The van der Waals surface area contributed by atoms with Crippen molar-refractivity contribution in [2.45, 2.75) is 89.9 Å². The summed E-state index contributed by atoms with van der Waals surface area (Å²) in [6.07, 6.45) is 8.15. The minimum absolute atomic E-state index is 0.0543. The number of carbonyl (C=O) groups excluding carboxylic acids is 2. The summed E-state index contributed by atoms with van der Waals surface area (Å²) < 4.78 is 18.6. The van der Waals surface area contributed by atoms with Gasteiger partial charge in [-0.05, 0) is 73.3 Å². The van der Waals surface area contributed by atoms with Crippen molar-refractivity contribution in [3.63, 3.8) is 0 Å². The van der Waals surface area contributed by atoms with Gasteiger partial charge < -0.3 is 24.7 Å². The molecular formula is C31H42BN3O5. The molecule has 4 aliphatic rings. The van der Waals surface area contributed by atoms with E-state index in [1.165, 1.54) is 12.6 Å². The molecule has 1 unspecified atom stereocenters. The van der Waals surface area contributed by atoms with E-state index in [2.05, 4.69) is 43.3 Å². The summed E-state index contributed by atoms with van der Waals surface area (Å²) in [5.41, 5.74) is 1.13. The van der Waals surface area contributed by atoms with Crippen molar-refractivity contribution in [2.24, 2.45) is 17.3 Å². The number of carbonyl (C=O) groups is 2. The highest BCUT2D eigenvalue weighted by molar-refractivity contribution is 6.47. The first-order valence-electron chi connectivity index (χ1n) is 14.6. The minimum atomic E-state index is -0.562. The van der Waals surface area contributed by atoms with Crippen LogP contribution in [-0.4, -0.2) is 48.7 Å². The lowest BCUT2D eigenvalue weighted by molar-refractivity contribution is -0.199. The van der Waals surface area contributed by atoms with Crippen LogP contribution in [-0.2, 0) is 14.1 Å². The van der Waals surface area contributed by atoms with Crippen LogP contribution in [0.2, 0.25) is 0 Å². The predicted octanol–water partition coefficient (Wildman–Crippen LogP) is 4.89. The van der Waals surface area contributed by atoms with E-state index in [4.69, 9.17) is 14.0 Å². The Hall–Kier alpha value is -2.91. The molecule has 1 aliphatic heterocycles. The first kappa shape index (κ1) is 28.6. The third kappa shape index (κ3) is 5.50. The smallest absolute Gasteiger partial charge is 0.481 e. The largest absolute Gasteiger partial charge is 0.497 e. The highest BCUT2D eigenvalue weighted by Gasteiger charge is 2.68. The summed E-state index contributed by atoms with van der Waals surface area (Å²) in [4.78, 5) is 30.7. The Morgan fingerprint density at radius 1 is 1.18 bits per heavy atom. The van der Waals surface area contributed by atoms with Crippen LogP contribution in [0.25, 0.3) is 0 Å². The maximum atomic E-state index is 13.6. The van der Waals surface area contributed by atoms with E-state index in [-0.39, 0.29) is 41.3 Å². The van der Waals surface area contributed by atoms with Crippen LogP contribution in [0.3, 0.4) is 0 Å². The van der Waals surface area contributed by atoms with Crippen molar-refractivity contribution in [1.29, 1.82) is 0 Å². The van der Waals surface area contributed by atoms with Crippen LogP contribution < -0.4 is 15.4 Å². The fraction of sp³-hybridized carbons (Fsp3) is 0.581. The van der Waals surface area contributed by atoms with Crippen molar-refractivity contribution in [2.75, 3.05) is 7.11 Å². The van der Waals surface area contributed by atoms with Gasteiger partial charge in [-0.15, -0.1) is 0 Å². The highest BCUT2D eigenvalue weighted by Crippen LogP contribution is 2.65. The van der Waals surface area contributed by atoms with Crippen LogP contribution in [0, 0.1) is 17.3 Å². The quantitative estimate of drug-likeness (QED) is 0.389. The Morgan fingerprint density at radius 3 is 2.70 bits per heavy atom. The summed E-state index contributed by atoms with van der Waals surface area (Å²) in [5.74, 6) is 1.04. The Balaban J connectivity index is 1.31. The predicted molar refractivity (Wildman–Crippen MR) is 154 cm³/mol. The molecule has 3 aliphatic carbocycles. The monoisotopic (exact) mass is 547 g/mol. The third-order valence-corrected chi connectivity index (χ3v) is 9.63. The van der Waals surface area contributed by atoms with E-state index < -0.39 is 13.2 Å². The second-order valence-electron chi connectivity index (χ2n) is 12.4. The third-order valence-electron chi connectivity index (χ3n) is 9.63. The number of pyridine rings is 1. The van der Waals surface area contributed by atoms with Crippen molar-refractivity contribution in [3.8, 4) is 5.75 Å². The van der Waals surface area contributed by atoms with E-state index >= 15 is 0 Å². The van der Waals surface area contributed by atoms with E-state index in [0.29, 0.717) is 23.1 Å². The summed E-state index contributed by atoms with van der Waals surface area (Å²) in [7, 11) is 1.11. The summed E-state index contributed by atoms with van der Waals surface area (Å²) >= 11 is 0. The molecule has 1 saturated heterocycles. The minimum Gasteiger partial charge on any atom is -0.497 e. The second kappa shape index (κ2) is 11.5. The van der Waals surface area contributed by atoms with Crippen molar-refractivity contribution in [1.82, 2.24) is 15.6 Å². The molecule has 2 heterocycles. The molecule has 40 heavy (non-hydrogen) atoms. The van der Waals surface area contributed by atoms with Crippen molar-refractivity contribution in [3.05, 3.63) is 59.9 Å². The first-order valence-corrected chi connectivity index (χ1v) is 14.6. The zero-order chi connectivity index (χ0) is 28.5. The topological polar surface area (TPSA) is 98.8 Å². The fourth-order valence-electron chi connectivity index (χ4n) is 7.07. The molecule has 1 aromatic heterocycles. The van der Waals surface area contributed by atoms with Gasteiger partial charge in [0.25, 0.3) is 5.91 Å². The molecule has 0 radical (unpaired) electrons. The normalized spacial score (nSPS) is 27.6. The fourth-order valence-corrected chi connectivity index (χ4v) is 7.07. The zero-order valence-electron chi connectivity index (χ0n) is 24.3. The Bertz CT molecular complexity index is 1210. The van der Waals surface area contributed by atoms with E-state index in [9.17, 15) is 9.59 Å². The molecule has 1 aromatic carbocycles. The number of nitrogens with zero attached hydrogens (tertiary/aromatic N) is 1. The average Bonchev–Trinajstić information content (AvgIpc) is 3.32. The number of hydrogen-bond donors (Lipinski definition) is 2. The molecule has 6 atom stereocenters. The summed E-state index contributed by atoms with van der Waals surface area (Å²) in [5, 5.41) is 6.25. The number of methoxy groups -OCH3 is 1. The van der Waals surface area contributed by atoms with Gasteiger partial charge in [-0.3, -0.25) is 14.6 Å². The number of amides is 2. The SMILES string of the molecule is CCCC[C@H](NC(=O)CC(NC(=O)c1cccnc1)c1cccc(OC)c1)B1O[C@@H]2C[C@@H]3C[C@@H](C3(C)C)[C@]2(C)O1. The van der Waals surface area contributed by atoms with Crippen LogP contribution >= 0.6 is 0 Å². The lowest BCUT2D eigenvalue weighted by Crippen LogP contribution is -2.65. The zero-order valence-corrected chi connectivity index (χ0v) is 24.3. The van der Waals surface area contributed by atoms with Gasteiger partial charge in [0.2, 0.25) is 5.91 Å². The standard InChI is InChI=1S/C31H42BN3O5/c1-6-7-13-27(32-39-26-17-22-16-25(30(22,2)3)31(26,4)40-32)35-28(36)18-24(20-10-8-12-23(15-20)38-5)34-29(37)21-11-9-14-33-19-21/h8-12,14-15,19,22,24-27H,6-7,13,16-18H2,1-5H3,(H,34,37)(H,35,36)/t22-,24?,25-,26+,27-,31-/m0/s1. The van der Waals surface area contributed by atoms with Gasteiger partial charge in [0, 0.05) is 12.4 Å². The van der Waals surface area contributed by atoms with Gasteiger partial charge in [-0.2, -0.15) is 0 Å². The number of benzene rings is 1. The number of nitrogens with one attached hydrogen (secondary N) is 2. The lowest BCUT2D eigenvalue weighted by atomic mass is 9.43. The molecule has 4 fully saturated rings. The van der Waals surface area contributed by atoms with Crippen LogP contribution in [0.5, 0.6) is 5.75 Å². The van der Waals surface area contributed by atoms with Gasteiger partial charge in [0.15, 0.2) is 0 Å². The summed E-state index contributed by atoms with van der Waals surface area (Å²) in [6, 6.07) is 10.3. The van der Waals surface area contributed by atoms with E-state index in [1.807, 2.05) is 24.3 Å². The molecular weight excluding hydrogens is 505 g/mol. The van der Waals surface area contributed by atoms with E-state index in [1.54, 1.807) is 25.4 Å². The van der Waals surface area contributed by atoms with Gasteiger partial charge in [0.1, 0.15) is 5.75 Å². The maximum Gasteiger partial charge on any atom is 0.481 e. The van der Waals surface area contributed by atoms with Gasteiger partial charge in [-0.25, -0.2) is 0 Å². The Labute approximate surface area is 238 Å². The molecule has 2 N–H and O–H groups in total. The molecule has 8 nitrogen and oxygen atoms in total. The Kier molecular flexibility index (Phi) is 8.25. The lowest BCUT2D eigenvalue weighted by Gasteiger charge is -2.64. The van der Waals surface area contributed by atoms with Crippen LogP contribution in [0.4, 0.5) is 0 Å². The van der Waals surface area contributed by atoms with Gasteiger partial charge >= 0.3 is 7.12 Å².